The zero-order valence-corrected chi connectivity index (χ0v) is 19.3. The minimum absolute atomic E-state index is 0.214. The maximum Gasteiger partial charge on any atom is 0.243 e. The van der Waals surface area contributed by atoms with Crippen molar-refractivity contribution < 1.29 is 17.9 Å². The third kappa shape index (κ3) is 4.34. The van der Waals surface area contributed by atoms with E-state index in [0.717, 1.165) is 41.0 Å². The van der Waals surface area contributed by atoms with Gasteiger partial charge >= 0.3 is 0 Å². The summed E-state index contributed by atoms with van der Waals surface area (Å²) in [6.45, 7) is 1.50. The predicted octanol–water partition coefficient (Wildman–Crippen LogP) is 2.74. The lowest BCUT2D eigenvalue weighted by atomic mass is 10.0. The molecule has 1 aromatic carbocycles. The molecule has 0 spiro atoms. The highest BCUT2D eigenvalue weighted by molar-refractivity contribution is 7.89. The van der Waals surface area contributed by atoms with Gasteiger partial charge in [-0.05, 0) is 25.0 Å². The van der Waals surface area contributed by atoms with Gasteiger partial charge < -0.3 is 14.8 Å². The highest BCUT2D eigenvalue weighted by Crippen LogP contribution is 2.37. The van der Waals surface area contributed by atoms with Gasteiger partial charge in [0.05, 0.1) is 42.6 Å². The first kappa shape index (κ1) is 21.9. The molecule has 1 saturated heterocycles. The van der Waals surface area contributed by atoms with Gasteiger partial charge in [-0.15, -0.1) is 0 Å². The molecule has 8 nitrogen and oxygen atoms in total. The van der Waals surface area contributed by atoms with Crippen molar-refractivity contribution in [2.75, 3.05) is 38.7 Å². The number of hydrogen-bond donors (Lipinski definition) is 1. The Morgan fingerprint density at radius 2 is 2.06 bits per heavy atom. The van der Waals surface area contributed by atoms with Gasteiger partial charge in [0, 0.05) is 60.5 Å². The van der Waals surface area contributed by atoms with Crippen LogP contribution in [0.3, 0.4) is 0 Å². The fourth-order valence-electron chi connectivity index (χ4n) is 4.32. The summed E-state index contributed by atoms with van der Waals surface area (Å²) in [5, 5.41) is 13.0. The number of nitriles is 1. The van der Waals surface area contributed by atoms with Crippen molar-refractivity contribution in [2.24, 2.45) is 0 Å². The molecule has 1 aromatic heterocycles. The van der Waals surface area contributed by atoms with E-state index in [9.17, 15) is 13.7 Å². The van der Waals surface area contributed by atoms with Gasteiger partial charge in [-0.1, -0.05) is 12.1 Å². The fourth-order valence-corrected chi connectivity index (χ4v) is 5.74. The number of anilines is 1. The van der Waals surface area contributed by atoms with E-state index >= 15 is 0 Å². The van der Waals surface area contributed by atoms with E-state index in [0.29, 0.717) is 56.5 Å². The lowest BCUT2D eigenvalue weighted by molar-refractivity contribution is 0.0730. The number of hydrogen-bond acceptors (Lipinski definition) is 7. The Bertz CT molecular complexity index is 1260. The van der Waals surface area contributed by atoms with Crippen LogP contribution >= 0.6 is 0 Å². The van der Waals surface area contributed by atoms with Crippen LogP contribution in [-0.4, -0.2) is 57.2 Å². The maximum atomic E-state index is 13.0. The van der Waals surface area contributed by atoms with Gasteiger partial charge in [0.2, 0.25) is 10.0 Å². The molecule has 2 aromatic rings. The first-order chi connectivity index (χ1) is 16.0. The molecule has 172 valence electrons. The van der Waals surface area contributed by atoms with Gasteiger partial charge in [0.25, 0.3) is 0 Å². The molecule has 9 heteroatoms. The number of nitrogens with zero attached hydrogens (tertiary/aromatic N) is 3. The summed E-state index contributed by atoms with van der Waals surface area (Å²) in [5.41, 5.74) is 5.14. The minimum Gasteiger partial charge on any atom is -0.496 e. The molecular formula is C24H26N4O4S. The molecule has 1 aliphatic heterocycles. The quantitative estimate of drug-likeness (QED) is 0.669. The molecule has 33 heavy (non-hydrogen) atoms. The van der Waals surface area contributed by atoms with Crippen LogP contribution in [0.1, 0.15) is 35.4 Å². The number of morpholine rings is 1. The van der Waals surface area contributed by atoms with E-state index in [1.54, 1.807) is 25.3 Å². The topological polar surface area (TPSA) is 105 Å². The Morgan fingerprint density at radius 1 is 1.27 bits per heavy atom. The number of pyridine rings is 1. The Labute approximate surface area is 193 Å². The van der Waals surface area contributed by atoms with Crippen LogP contribution in [0.25, 0.3) is 5.57 Å². The van der Waals surface area contributed by atoms with E-state index in [1.165, 1.54) is 4.31 Å². The van der Waals surface area contributed by atoms with E-state index in [-0.39, 0.29) is 4.90 Å². The molecular weight excluding hydrogens is 440 g/mol. The number of rotatable bonds is 7. The Balaban J connectivity index is 1.44. The van der Waals surface area contributed by atoms with Crippen LogP contribution in [0.4, 0.5) is 5.69 Å². The third-order valence-electron chi connectivity index (χ3n) is 6.21. The van der Waals surface area contributed by atoms with Crippen molar-refractivity contribution in [3.63, 3.8) is 0 Å². The van der Waals surface area contributed by atoms with Gasteiger partial charge in [-0.25, -0.2) is 8.42 Å². The summed E-state index contributed by atoms with van der Waals surface area (Å²) < 4.78 is 38.3. The van der Waals surface area contributed by atoms with Gasteiger partial charge in [-0.2, -0.15) is 9.57 Å². The van der Waals surface area contributed by atoms with Crippen LogP contribution in [0.2, 0.25) is 0 Å². The van der Waals surface area contributed by atoms with Crippen molar-refractivity contribution in [1.82, 2.24) is 9.29 Å². The second-order valence-electron chi connectivity index (χ2n) is 8.50. The van der Waals surface area contributed by atoms with Gasteiger partial charge in [0.15, 0.2) is 0 Å². The van der Waals surface area contributed by atoms with Crippen LogP contribution in [0.5, 0.6) is 5.75 Å². The first-order valence-electron chi connectivity index (χ1n) is 11.1. The predicted molar refractivity (Wildman–Crippen MR) is 124 cm³/mol. The summed E-state index contributed by atoms with van der Waals surface area (Å²) in [5.74, 6) is 0.513. The second-order valence-corrected chi connectivity index (χ2v) is 10.4. The summed E-state index contributed by atoms with van der Waals surface area (Å²) in [6.07, 6.45) is 5.32. The number of aromatic nitrogens is 1. The highest BCUT2D eigenvalue weighted by atomic mass is 32.2. The number of benzene rings is 1. The molecule has 0 bridgehead atoms. The monoisotopic (exact) mass is 466 g/mol. The molecule has 0 atom stereocenters. The minimum atomic E-state index is -3.60. The maximum absolute atomic E-state index is 13.0. The molecule has 2 fully saturated rings. The third-order valence-corrected chi connectivity index (χ3v) is 8.11. The Hall–Kier alpha value is -2.93. The molecule has 0 amide bonds. The fraction of sp³-hybridized carbons (Fsp3) is 0.417. The Kier molecular flexibility index (Phi) is 5.83. The zero-order valence-electron chi connectivity index (χ0n) is 18.5. The lowest BCUT2D eigenvalue weighted by Crippen LogP contribution is -2.40. The first-order valence-corrected chi connectivity index (χ1v) is 12.6. The van der Waals surface area contributed by atoms with E-state index in [2.05, 4.69) is 11.4 Å². The van der Waals surface area contributed by atoms with E-state index in [1.807, 2.05) is 12.1 Å². The number of sulfonamides is 1. The number of allylic oxidation sites excluding steroid dienone is 2. The molecule has 1 saturated carbocycles. The summed E-state index contributed by atoms with van der Waals surface area (Å²) in [6, 6.07) is 9.76. The van der Waals surface area contributed by atoms with Crippen molar-refractivity contribution in [3.8, 4) is 11.8 Å². The highest BCUT2D eigenvalue weighted by Gasteiger charge is 2.28. The molecule has 2 heterocycles. The molecule has 2 aliphatic carbocycles. The standard InChI is InChI=1S/C24H26N4O4S/c1-31-23-14-20(33(29,30)28-8-10-32-11-9-28)6-2-16(23)12-19-13-22(26-18-4-5-18)24-17(15-25)3-7-21(24)27-19/h2-3,6,13-14,18H,4-5,7-12H2,1H3,(H,26,27). The second kappa shape index (κ2) is 8.78. The van der Waals surface area contributed by atoms with Crippen LogP contribution < -0.4 is 10.1 Å². The molecule has 3 aliphatic rings. The van der Waals surface area contributed by atoms with Crippen molar-refractivity contribution >= 4 is 21.3 Å². The number of fused-ring (bicyclic) bond motifs is 1. The van der Waals surface area contributed by atoms with Crippen molar-refractivity contribution in [1.29, 1.82) is 5.26 Å². The SMILES string of the molecule is COc1cc(S(=O)(=O)N2CCOCC2)ccc1Cc1cc(NC2CC2)c2c(n1)CC=C2C#N. The van der Waals surface area contributed by atoms with E-state index in [4.69, 9.17) is 14.5 Å². The molecule has 5 rings (SSSR count). The molecule has 1 N–H and O–H groups in total. The number of methoxy groups -OCH3 is 1. The summed E-state index contributed by atoms with van der Waals surface area (Å²) >= 11 is 0. The largest absolute Gasteiger partial charge is 0.496 e. The van der Waals surface area contributed by atoms with Crippen LogP contribution in [0, 0.1) is 11.3 Å². The number of ether oxygens (including phenoxy) is 2. The lowest BCUT2D eigenvalue weighted by Gasteiger charge is -2.26. The number of nitrogens with one attached hydrogen (secondary N) is 1. The molecule has 0 radical (unpaired) electrons. The van der Waals surface area contributed by atoms with Gasteiger partial charge in [0.1, 0.15) is 5.75 Å². The van der Waals surface area contributed by atoms with Gasteiger partial charge in [-0.3, -0.25) is 4.98 Å². The average Bonchev–Trinajstić information content (AvgIpc) is 3.55. The van der Waals surface area contributed by atoms with Crippen molar-refractivity contribution in [2.45, 2.75) is 36.6 Å². The average molecular weight is 467 g/mol. The summed E-state index contributed by atoms with van der Waals surface area (Å²) in [7, 11) is -2.06. The van der Waals surface area contributed by atoms with E-state index < -0.39 is 10.0 Å². The normalized spacial score (nSPS) is 18.4. The Morgan fingerprint density at radius 3 is 2.76 bits per heavy atom. The molecule has 0 unspecified atom stereocenters. The van der Waals surface area contributed by atoms with Crippen molar-refractivity contribution in [3.05, 3.63) is 52.9 Å². The smallest absolute Gasteiger partial charge is 0.243 e. The van der Waals surface area contributed by atoms with Crippen LogP contribution in [-0.2, 0) is 27.6 Å². The van der Waals surface area contributed by atoms with Crippen LogP contribution in [0.15, 0.2) is 35.2 Å². The summed E-state index contributed by atoms with van der Waals surface area (Å²) in [4.78, 5) is 5.03. The zero-order chi connectivity index (χ0) is 23.0.